The molecule has 1 aliphatic rings. The predicted molar refractivity (Wildman–Crippen MR) is 107 cm³/mol. The second kappa shape index (κ2) is 10.0. The molecule has 0 aromatic heterocycles. The molecular formula is C22H27NO2. The summed E-state index contributed by atoms with van der Waals surface area (Å²) >= 11 is 0. The number of fused-ring (bicyclic) bond motifs is 1. The number of phenols is 1. The number of aromatic hydroxyl groups is 1. The first-order valence-electron chi connectivity index (χ1n) is 8.39. The molecule has 0 saturated carbocycles. The monoisotopic (exact) mass is 337 g/mol. The number of allylic oxidation sites excluding steroid dienone is 3. The Balaban J connectivity index is 0.000000388. The minimum Gasteiger partial charge on any atom is -0.509 e. The molecule has 3 nitrogen and oxygen atoms in total. The van der Waals surface area contributed by atoms with Gasteiger partial charge in [-0.3, -0.25) is 0 Å². The fourth-order valence-corrected chi connectivity index (χ4v) is 2.47. The van der Waals surface area contributed by atoms with Crippen molar-refractivity contribution in [2.24, 2.45) is 0 Å². The average molecular weight is 337 g/mol. The van der Waals surface area contributed by atoms with E-state index in [0.29, 0.717) is 5.75 Å². The number of nitrogens with zero attached hydrogens (tertiary/aromatic N) is 1. The largest absolute Gasteiger partial charge is 0.509 e. The molecule has 0 unspecified atom stereocenters. The molecule has 0 amide bonds. The summed E-state index contributed by atoms with van der Waals surface area (Å²) in [6, 6.07) is 15.9. The van der Waals surface area contributed by atoms with E-state index in [1.165, 1.54) is 17.3 Å². The smallest absolute Gasteiger partial charge is 0.116 e. The summed E-state index contributed by atoms with van der Waals surface area (Å²) in [6.07, 6.45) is 4.28. The maximum atomic E-state index is 9.57. The minimum atomic E-state index is 0.0185. The van der Waals surface area contributed by atoms with Crippen molar-refractivity contribution >= 4 is 11.4 Å². The standard InChI is InChI=1S/C16H15NO.C4H6O.C2H6/c1-2-13-10-12-11-15(18)8-9-16(12)17(13)14-6-4-3-5-7-14;1-3-4(2)5;1-2/h2-9,11,18H,10H2,1H3;3,5H,1-2H2;1-2H3/b13-2+;;. The van der Waals surface area contributed by atoms with Gasteiger partial charge in [-0.15, -0.1) is 0 Å². The molecule has 0 fully saturated rings. The van der Waals surface area contributed by atoms with E-state index in [1.54, 1.807) is 6.07 Å². The topological polar surface area (TPSA) is 43.7 Å². The van der Waals surface area contributed by atoms with E-state index in [2.05, 4.69) is 43.2 Å². The number of aliphatic hydroxyl groups excluding tert-OH is 1. The van der Waals surface area contributed by atoms with Crippen LogP contribution in [0.2, 0.25) is 0 Å². The van der Waals surface area contributed by atoms with Crippen LogP contribution in [-0.2, 0) is 6.42 Å². The number of benzene rings is 2. The van der Waals surface area contributed by atoms with Crippen molar-refractivity contribution in [1.29, 1.82) is 0 Å². The second-order valence-electron chi connectivity index (χ2n) is 5.14. The summed E-state index contributed by atoms with van der Waals surface area (Å²) in [5.41, 5.74) is 4.75. The van der Waals surface area contributed by atoms with E-state index in [1.807, 2.05) is 44.2 Å². The van der Waals surface area contributed by atoms with E-state index in [4.69, 9.17) is 5.11 Å². The zero-order valence-corrected chi connectivity index (χ0v) is 15.2. The van der Waals surface area contributed by atoms with Crippen molar-refractivity contribution in [1.82, 2.24) is 0 Å². The lowest BCUT2D eigenvalue weighted by molar-refractivity contribution is 0.435. The highest BCUT2D eigenvalue weighted by molar-refractivity contribution is 5.76. The third kappa shape index (κ3) is 5.28. The molecule has 0 bridgehead atoms. The van der Waals surface area contributed by atoms with Gasteiger partial charge in [-0.25, -0.2) is 0 Å². The van der Waals surface area contributed by atoms with Crippen molar-refractivity contribution in [3.8, 4) is 5.75 Å². The van der Waals surface area contributed by atoms with Crippen LogP contribution in [0, 0.1) is 0 Å². The molecule has 0 radical (unpaired) electrons. The second-order valence-corrected chi connectivity index (χ2v) is 5.14. The van der Waals surface area contributed by atoms with Gasteiger partial charge in [0, 0.05) is 23.5 Å². The Labute approximate surface area is 150 Å². The number of aliphatic hydroxyl groups is 1. The lowest BCUT2D eigenvalue weighted by Crippen LogP contribution is -2.10. The van der Waals surface area contributed by atoms with Crippen LogP contribution < -0.4 is 4.90 Å². The number of rotatable bonds is 2. The van der Waals surface area contributed by atoms with Crippen LogP contribution in [0.5, 0.6) is 5.75 Å². The van der Waals surface area contributed by atoms with Gasteiger partial charge in [0.25, 0.3) is 0 Å². The number of para-hydroxylation sites is 1. The van der Waals surface area contributed by atoms with Crippen molar-refractivity contribution < 1.29 is 10.2 Å². The Morgan fingerprint density at radius 3 is 2.24 bits per heavy atom. The number of phenolic OH excluding ortho intramolecular Hbond substituents is 1. The molecule has 2 aromatic carbocycles. The van der Waals surface area contributed by atoms with E-state index < -0.39 is 0 Å². The Morgan fingerprint density at radius 1 is 1.12 bits per heavy atom. The van der Waals surface area contributed by atoms with Gasteiger partial charge in [-0.1, -0.05) is 51.3 Å². The van der Waals surface area contributed by atoms with Crippen LogP contribution in [0.1, 0.15) is 26.3 Å². The Kier molecular flexibility index (Phi) is 8.07. The molecule has 132 valence electrons. The first-order valence-corrected chi connectivity index (χ1v) is 8.39. The molecule has 1 aliphatic heterocycles. The van der Waals surface area contributed by atoms with Crippen molar-refractivity contribution in [3.05, 3.63) is 90.9 Å². The molecule has 0 spiro atoms. The van der Waals surface area contributed by atoms with Gasteiger partial charge in [0.2, 0.25) is 0 Å². The summed E-state index contributed by atoms with van der Waals surface area (Å²) in [4.78, 5) is 2.24. The van der Waals surface area contributed by atoms with Gasteiger partial charge in [-0.2, -0.15) is 0 Å². The number of hydrogen-bond donors (Lipinski definition) is 2. The Bertz CT molecular complexity index is 733. The molecule has 0 atom stereocenters. The lowest BCUT2D eigenvalue weighted by Gasteiger charge is -2.21. The molecule has 3 heteroatoms. The van der Waals surface area contributed by atoms with Crippen LogP contribution in [0.4, 0.5) is 11.4 Å². The summed E-state index contributed by atoms with van der Waals surface area (Å²) < 4.78 is 0. The average Bonchev–Trinajstić information content (AvgIpc) is 3.02. The first-order chi connectivity index (χ1) is 12.1. The number of anilines is 2. The van der Waals surface area contributed by atoms with Crippen LogP contribution in [0.15, 0.2) is 85.3 Å². The SMILES string of the molecule is C/C=C1\Cc2cc(O)ccc2N1c1ccccc1.C=CC(=C)O.CC. The summed E-state index contributed by atoms with van der Waals surface area (Å²) in [5.74, 6) is 0.351. The maximum Gasteiger partial charge on any atom is 0.116 e. The van der Waals surface area contributed by atoms with Crippen LogP contribution in [-0.4, -0.2) is 10.2 Å². The molecule has 25 heavy (non-hydrogen) atoms. The number of hydrogen-bond acceptors (Lipinski definition) is 3. The zero-order chi connectivity index (χ0) is 18.8. The molecule has 0 aliphatic carbocycles. The van der Waals surface area contributed by atoms with Crippen molar-refractivity contribution in [3.63, 3.8) is 0 Å². The first kappa shape index (κ1) is 20.1. The van der Waals surface area contributed by atoms with Crippen LogP contribution in [0.3, 0.4) is 0 Å². The molecular weight excluding hydrogens is 310 g/mol. The van der Waals surface area contributed by atoms with Crippen molar-refractivity contribution in [2.75, 3.05) is 4.90 Å². The highest BCUT2D eigenvalue weighted by atomic mass is 16.3. The van der Waals surface area contributed by atoms with Crippen molar-refractivity contribution in [2.45, 2.75) is 27.2 Å². The van der Waals surface area contributed by atoms with Gasteiger partial charge in [0.05, 0.1) is 0 Å². The molecule has 2 aromatic rings. The molecule has 2 N–H and O–H groups in total. The van der Waals surface area contributed by atoms with E-state index in [0.717, 1.165) is 17.8 Å². The summed E-state index contributed by atoms with van der Waals surface area (Å²) in [6.45, 7) is 12.4. The molecule has 1 heterocycles. The lowest BCUT2D eigenvalue weighted by atomic mass is 10.1. The highest BCUT2D eigenvalue weighted by Crippen LogP contribution is 2.41. The van der Waals surface area contributed by atoms with Gasteiger partial charge in [0.1, 0.15) is 11.5 Å². The fourth-order valence-electron chi connectivity index (χ4n) is 2.47. The summed E-state index contributed by atoms with van der Waals surface area (Å²) in [5, 5.41) is 17.6. The highest BCUT2D eigenvalue weighted by Gasteiger charge is 2.24. The zero-order valence-electron chi connectivity index (χ0n) is 15.2. The molecule has 3 rings (SSSR count). The quantitative estimate of drug-likeness (QED) is 0.502. The Hall–Kier alpha value is -2.94. The molecule has 0 saturated heterocycles. The van der Waals surface area contributed by atoms with E-state index in [-0.39, 0.29) is 5.76 Å². The third-order valence-electron chi connectivity index (χ3n) is 3.55. The van der Waals surface area contributed by atoms with Gasteiger partial charge < -0.3 is 15.1 Å². The van der Waals surface area contributed by atoms with Crippen LogP contribution >= 0.6 is 0 Å². The van der Waals surface area contributed by atoms with E-state index in [9.17, 15) is 5.11 Å². The minimum absolute atomic E-state index is 0.0185. The summed E-state index contributed by atoms with van der Waals surface area (Å²) in [7, 11) is 0. The maximum absolute atomic E-state index is 9.57. The Morgan fingerprint density at radius 2 is 1.72 bits per heavy atom. The third-order valence-corrected chi connectivity index (χ3v) is 3.55. The van der Waals surface area contributed by atoms with Gasteiger partial charge in [0.15, 0.2) is 0 Å². The van der Waals surface area contributed by atoms with E-state index >= 15 is 0 Å². The fraction of sp³-hybridized carbons (Fsp3) is 0.182. The normalized spacial score (nSPS) is 13.1. The van der Waals surface area contributed by atoms with Gasteiger partial charge >= 0.3 is 0 Å². The predicted octanol–water partition coefficient (Wildman–Crippen LogP) is 6.26. The van der Waals surface area contributed by atoms with Crippen LogP contribution in [0.25, 0.3) is 0 Å². The van der Waals surface area contributed by atoms with Gasteiger partial charge in [-0.05, 0) is 48.9 Å².